The van der Waals surface area contributed by atoms with Crippen LogP contribution in [0.1, 0.15) is 0 Å². The van der Waals surface area contributed by atoms with Crippen molar-refractivity contribution in [2.75, 3.05) is 4.90 Å². The smallest absolute Gasteiger partial charge is 0.143 e. The molecular formula is C50H33NO. The Morgan fingerprint density at radius 1 is 0.308 bits per heavy atom. The third kappa shape index (κ3) is 4.96. The second-order valence-electron chi connectivity index (χ2n) is 13.3. The van der Waals surface area contributed by atoms with Crippen molar-refractivity contribution in [3.05, 3.63) is 200 Å². The fourth-order valence-electron chi connectivity index (χ4n) is 7.89. The van der Waals surface area contributed by atoms with Gasteiger partial charge in [0.2, 0.25) is 0 Å². The van der Waals surface area contributed by atoms with Crippen LogP contribution in [0.15, 0.2) is 205 Å². The van der Waals surface area contributed by atoms with Gasteiger partial charge in [-0.2, -0.15) is 0 Å². The van der Waals surface area contributed by atoms with E-state index < -0.39 is 0 Å². The normalized spacial score (nSPS) is 11.5. The number of benzene rings is 9. The molecule has 2 heteroatoms. The largest absolute Gasteiger partial charge is 0.455 e. The zero-order chi connectivity index (χ0) is 34.4. The van der Waals surface area contributed by atoms with Crippen LogP contribution >= 0.6 is 0 Å². The second kappa shape index (κ2) is 12.5. The van der Waals surface area contributed by atoms with Gasteiger partial charge in [0, 0.05) is 33.2 Å². The first kappa shape index (κ1) is 30.0. The van der Waals surface area contributed by atoms with Gasteiger partial charge in [-0.1, -0.05) is 170 Å². The van der Waals surface area contributed by atoms with Crippen molar-refractivity contribution in [2.24, 2.45) is 0 Å². The fraction of sp³-hybridized carbons (Fsp3) is 0. The maximum atomic E-state index is 6.61. The minimum Gasteiger partial charge on any atom is -0.455 e. The summed E-state index contributed by atoms with van der Waals surface area (Å²) in [7, 11) is 0. The maximum Gasteiger partial charge on any atom is 0.143 e. The van der Waals surface area contributed by atoms with Gasteiger partial charge in [-0.05, 0) is 68.6 Å². The van der Waals surface area contributed by atoms with E-state index in [1.54, 1.807) is 0 Å². The van der Waals surface area contributed by atoms with Gasteiger partial charge in [0.1, 0.15) is 11.2 Å². The van der Waals surface area contributed by atoms with E-state index in [0.717, 1.165) is 55.7 Å². The Morgan fingerprint density at radius 2 is 0.769 bits per heavy atom. The minimum absolute atomic E-state index is 0.893. The van der Waals surface area contributed by atoms with Gasteiger partial charge in [0.05, 0.1) is 11.4 Å². The molecule has 10 rings (SSSR count). The van der Waals surface area contributed by atoms with E-state index >= 15 is 0 Å². The highest BCUT2D eigenvalue weighted by Gasteiger charge is 2.23. The molecule has 1 aromatic heterocycles. The number of hydrogen-bond donors (Lipinski definition) is 0. The van der Waals surface area contributed by atoms with Crippen LogP contribution in [0.4, 0.5) is 17.1 Å². The lowest BCUT2D eigenvalue weighted by Gasteiger charge is -2.30. The van der Waals surface area contributed by atoms with Gasteiger partial charge >= 0.3 is 0 Å². The van der Waals surface area contributed by atoms with Crippen LogP contribution in [0, 0.1) is 0 Å². The van der Waals surface area contributed by atoms with Crippen LogP contribution < -0.4 is 4.90 Å². The van der Waals surface area contributed by atoms with E-state index in [-0.39, 0.29) is 0 Å². The van der Waals surface area contributed by atoms with Crippen LogP contribution in [0.25, 0.3) is 76.9 Å². The molecule has 0 N–H and O–H groups in total. The van der Waals surface area contributed by atoms with Crippen LogP contribution in [-0.4, -0.2) is 0 Å². The number of nitrogens with zero attached hydrogens (tertiary/aromatic N) is 1. The molecule has 1 heterocycles. The zero-order valence-corrected chi connectivity index (χ0v) is 28.4. The fourth-order valence-corrected chi connectivity index (χ4v) is 7.89. The molecular weight excluding hydrogens is 631 g/mol. The standard InChI is InChI=1S/C50H33NO/c1-3-18-38-34(14-1)16-11-23-39(38)36-30-32-37(33-31-36)51(47-27-8-5-20-42(47)41-24-12-17-35-15-2-4-19-40(35)41)48-28-9-6-21-43(48)45-25-13-26-46-44-22-7-10-29-49(44)52-50(45)46/h1-33H. The first-order chi connectivity index (χ1) is 25.8. The van der Waals surface area contributed by atoms with Gasteiger partial charge in [0.25, 0.3) is 0 Å². The Kier molecular flexibility index (Phi) is 7.18. The van der Waals surface area contributed by atoms with E-state index in [4.69, 9.17) is 4.42 Å². The predicted molar refractivity (Wildman–Crippen MR) is 220 cm³/mol. The highest BCUT2D eigenvalue weighted by Crippen LogP contribution is 2.47. The lowest BCUT2D eigenvalue weighted by atomic mass is 9.94. The molecule has 0 aliphatic carbocycles. The summed E-state index contributed by atoms with van der Waals surface area (Å²) in [6.07, 6.45) is 0. The van der Waals surface area contributed by atoms with Crippen molar-refractivity contribution >= 4 is 60.5 Å². The quantitative estimate of drug-likeness (QED) is 0.176. The SMILES string of the molecule is c1ccc(N(c2ccc(-c3cccc4ccccc34)cc2)c2ccccc2-c2cccc3c2oc2ccccc23)c(-c2cccc3ccccc23)c1. The van der Waals surface area contributed by atoms with Crippen molar-refractivity contribution in [3.63, 3.8) is 0 Å². The number of para-hydroxylation sites is 4. The molecule has 10 aromatic rings. The lowest BCUT2D eigenvalue weighted by molar-refractivity contribution is 0.670. The highest BCUT2D eigenvalue weighted by molar-refractivity contribution is 6.11. The summed E-state index contributed by atoms with van der Waals surface area (Å²) in [5, 5.41) is 7.18. The Bertz CT molecular complexity index is 2910. The van der Waals surface area contributed by atoms with Crippen molar-refractivity contribution in [1.29, 1.82) is 0 Å². The summed E-state index contributed by atoms with van der Waals surface area (Å²) >= 11 is 0. The number of rotatable bonds is 6. The van der Waals surface area contributed by atoms with Crippen molar-refractivity contribution in [3.8, 4) is 33.4 Å². The molecule has 9 aromatic carbocycles. The third-order valence-corrected chi connectivity index (χ3v) is 10.3. The van der Waals surface area contributed by atoms with Crippen LogP contribution in [-0.2, 0) is 0 Å². The topological polar surface area (TPSA) is 16.4 Å². The van der Waals surface area contributed by atoms with Crippen LogP contribution in [0.2, 0.25) is 0 Å². The van der Waals surface area contributed by atoms with Gasteiger partial charge in [-0.3, -0.25) is 0 Å². The van der Waals surface area contributed by atoms with Gasteiger partial charge < -0.3 is 9.32 Å². The minimum atomic E-state index is 0.893. The molecule has 52 heavy (non-hydrogen) atoms. The van der Waals surface area contributed by atoms with Crippen LogP contribution in [0.5, 0.6) is 0 Å². The summed E-state index contributed by atoms with van der Waals surface area (Å²) < 4.78 is 6.61. The van der Waals surface area contributed by atoms with Crippen LogP contribution in [0.3, 0.4) is 0 Å². The molecule has 0 amide bonds. The molecule has 0 spiro atoms. The molecule has 0 atom stereocenters. The van der Waals surface area contributed by atoms with E-state index in [2.05, 4.69) is 199 Å². The molecule has 244 valence electrons. The Morgan fingerprint density at radius 3 is 1.48 bits per heavy atom. The van der Waals surface area contributed by atoms with Gasteiger partial charge in [-0.15, -0.1) is 0 Å². The monoisotopic (exact) mass is 663 g/mol. The maximum absolute atomic E-state index is 6.61. The molecule has 0 unspecified atom stereocenters. The summed E-state index contributed by atoms with van der Waals surface area (Å²) in [4.78, 5) is 2.42. The average molecular weight is 664 g/mol. The average Bonchev–Trinajstić information content (AvgIpc) is 3.60. The molecule has 0 saturated heterocycles. The number of anilines is 3. The second-order valence-corrected chi connectivity index (χ2v) is 13.3. The van der Waals surface area contributed by atoms with Gasteiger partial charge in [-0.25, -0.2) is 0 Å². The summed E-state index contributed by atoms with van der Waals surface area (Å²) in [5.74, 6) is 0. The molecule has 0 aliphatic heterocycles. The Hall–Kier alpha value is -6.90. The molecule has 0 bridgehead atoms. The van der Waals surface area contributed by atoms with Crippen molar-refractivity contribution in [2.45, 2.75) is 0 Å². The lowest BCUT2D eigenvalue weighted by Crippen LogP contribution is -2.12. The number of hydrogen-bond acceptors (Lipinski definition) is 2. The van der Waals surface area contributed by atoms with Crippen molar-refractivity contribution < 1.29 is 4.42 Å². The first-order valence-corrected chi connectivity index (χ1v) is 17.8. The summed E-state index contributed by atoms with van der Waals surface area (Å²) in [6, 6.07) is 71.7. The molecule has 0 saturated carbocycles. The third-order valence-electron chi connectivity index (χ3n) is 10.3. The van der Waals surface area contributed by atoms with E-state index in [9.17, 15) is 0 Å². The van der Waals surface area contributed by atoms with Crippen molar-refractivity contribution in [1.82, 2.24) is 0 Å². The Balaban J connectivity index is 1.21. The van der Waals surface area contributed by atoms with Gasteiger partial charge in [0.15, 0.2) is 0 Å². The van der Waals surface area contributed by atoms with E-state index in [1.807, 2.05) is 6.07 Å². The number of furan rings is 1. The predicted octanol–water partition coefficient (Wildman–Crippen LogP) is 14.4. The van der Waals surface area contributed by atoms with E-state index in [1.165, 1.54) is 38.2 Å². The Labute approximate surface area is 302 Å². The van der Waals surface area contributed by atoms with E-state index in [0.29, 0.717) is 0 Å². The summed E-state index contributed by atoms with van der Waals surface area (Å²) in [6.45, 7) is 0. The highest BCUT2D eigenvalue weighted by atomic mass is 16.3. The molecule has 2 nitrogen and oxygen atoms in total. The first-order valence-electron chi connectivity index (χ1n) is 17.8. The molecule has 0 fully saturated rings. The zero-order valence-electron chi connectivity index (χ0n) is 28.4. The molecule has 0 aliphatic rings. The number of fused-ring (bicyclic) bond motifs is 5. The summed E-state index contributed by atoms with van der Waals surface area (Å²) in [5.41, 5.74) is 11.9. The molecule has 0 radical (unpaired) electrons.